The first-order valence-corrected chi connectivity index (χ1v) is 14.1. The highest BCUT2D eigenvalue weighted by Gasteiger charge is 2.37. The van der Waals surface area contributed by atoms with Gasteiger partial charge in [-0.2, -0.15) is 26.3 Å². The number of fused-ring (bicyclic) bond motifs is 1. The first kappa shape index (κ1) is 31.4. The first-order valence-electron chi connectivity index (χ1n) is 14.1. The van der Waals surface area contributed by atoms with E-state index in [4.69, 9.17) is 5.41 Å². The zero-order valence-electron chi connectivity index (χ0n) is 24.2. The van der Waals surface area contributed by atoms with Crippen LogP contribution >= 0.6 is 0 Å². The van der Waals surface area contributed by atoms with Crippen molar-refractivity contribution in [3.63, 3.8) is 0 Å². The second-order valence-corrected chi connectivity index (χ2v) is 10.8. The normalized spacial score (nSPS) is 12.6. The van der Waals surface area contributed by atoms with Crippen LogP contribution in [0, 0.1) is 5.41 Å². The van der Waals surface area contributed by atoms with Gasteiger partial charge in [0.25, 0.3) is 0 Å². The maximum absolute atomic E-state index is 13.3. The Morgan fingerprint density at radius 3 is 1.76 bits per heavy atom. The Bertz CT molecular complexity index is 1850. The van der Waals surface area contributed by atoms with E-state index in [9.17, 15) is 26.3 Å². The number of aryl methyl sites for hydroxylation is 1. The van der Waals surface area contributed by atoms with E-state index in [1.165, 1.54) is 23.9 Å². The minimum absolute atomic E-state index is 0.131. The smallest absolute Gasteiger partial charge is 0.309 e. The Balaban J connectivity index is 1.33. The van der Waals surface area contributed by atoms with Crippen LogP contribution in [-0.4, -0.2) is 11.2 Å². The summed E-state index contributed by atoms with van der Waals surface area (Å²) in [4.78, 5) is 4.66. The van der Waals surface area contributed by atoms with Crippen LogP contribution in [0.2, 0.25) is 0 Å². The van der Waals surface area contributed by atoms with Gasteiger partial charge in [-0.3, -0.25) is 4.98 Å². The van der Waals surface area contributed by atoms with Crippen molar-refractivity contribution in [2.75, 3.05) is 0 Å². The van der Waals surface area contributed by atoms with Crippen molar-refractivity contribution in [1.29, 1.82) is 5.41 Å². The number of aromatic nitrogens is 1. The number of allylic oxidation sites excluding steroid dienone is 4. The molecule has 5 aromatic rings. The van der Waals surface area contributed by atoms with E-state index in [2.05, 4.69) is 24.0 Å². The summed E-state index contributed by atoms with van der Waals surface area (Å²) in [5.41, 5.74) is 3.22. The number of alkyl halides is 6. The summed E-state index contributed by atoms with van der Waals surface area (Å²) >= 11 is 0. The summed E-state index contributed by atoms with van der Waals surface area (Å²) in [7, 11) is 0. The van der Waals surface area contributed by atoms with Gasteiger partial charge in [0.15, 0.2) is 0 Å². The minimum Gasteiger partial charge on any atom is -0.309 e. The highest BCUT2D eigenvalue weighted by Crippen LogP contribution is 2.39. The number of pyridine rings is 1. The summed E-state index contributed by atoms with van der Waals surface area (Å²) in [6, 6.07) is 24.0. The molecule has 0 radical (unpaired) electrons. The van der Waals surface area contributed by atoms with Crippen molar-refractivity contribution in [2.45, 2.75) is 32.1 Å². The maximum Gasteiger partial charge on any atom is 0.416 e. The van der Waals surface area contributed by atoms with E-state index in [0.717, 1.165) is 63.7 Å². The summed E-state index contributed by atoms with van der Waals surface area (Å²) < 4.78 is 79.9. The molecule has 8 heteroatoms. The predicted molar refractivity (Wildman–Crippen MR) is 168 cm³/mol. The lowest BCUT2D eigenvalue weighted by Crippen LogP contribution is -2.11. The molecule has 5 rings (SSSR count). The SMILES string of the molecule is C/C(=C\C=C/C=N)CCc1ccc(-c2ccc3cc(-c4ccc(-c5cc(C(F)(F)F)cc(C(F)(F)F)c5)cc4)ccc3c2)nc1. The van der Waals surface area contributed by atoms with Gasteiger partial charge in [-0.1, -0.05) is 72.3 Å². The quantitative estimate of drug-likeness (QED) is 0.105. The summed E-state index contributed by atoms with van der Waals surface area (Å²) in [6.07, 6.45) is 0.610. The van der Waals surface area contributed by atoms with Crippen molar-refractivity contribution < 1.29 is 26.3 Å². The van der Waals surface area contributed by atoms with E-state index in [1.807, 2.05) is 54.7 Å². The van der Waals surface area contributed by atoms with E-state index in [-0.39, 0.29) is 17.2 Å². The largest absolute Gasteiger partial charge is 0.416 e. The average Bonchev–Trinajstić information content (AvgIpc) is 3.03. The molecule has 1 N–H and O–H groups in total. The number of halogens is 6. The summed E-state index contributed by atoms with van der Waals surface area (Å²) in [5, 5.41) is 9.01. The number of hydrogen-bond acceptors (Lipinski definition) is 2. The lowest BCUT2D eigenvalue weighted by atomic mass is 9.95. The monoisotopic (exact) mass is 614 g/mol. The molecular weight excluding hydrogens is 586 g/mol. The Labute approximate surface area is 256 Å². The third-order valence-electron chi connectivity index (χ3n) is 7.50. The lowest BCUT2D eigenvalue weighted by molar-refractivity contribution is -0.143. The Hall–Kier alpha value is -4.98. The van der Waals surface area contributed by atoms with Gasteiger partial charge in [-0.15, -0.1) is 0 Å². The van der Waals surface area contributed by atoms with Crippen molar-refractivity contribution >= 4 is 17.0 Å². The highest BCUT2D eigenvalue weighted by molar-refractivity contribution is 5.90. The Morgan fingerprint density at radius 2 is 1.20 bits per heavy atom. The third-order valence-corrected chi connectivity index (χ3v) is 7.50. The van der Waals surface area contributed by atoms with E-state index >= 15 is 0 Å². The number of nitrogens with zero attached hydrogens (tertiary/aromatic N) is 1. The molecule has 0 fully saturated rings. The van der Waals surface area contributed by atoms with Crippen molar-refractivity contribution in [3.05, 3.63) is 138 Å². The summed E-state index contributed by atoms with van der Waals surface area (Å²) in [6.45, 7) is 2.06. The molecule has 0 saturated heterocycles. The van der Waals surface area contributed by atoms with Crippen LogP contribution in [0.4, 0.5) is 26.3 Å². The fourth-order valence-electron chi connectivity index (χ4n) is 5.00. The van der Waals surface area contributed by atoms with Crippen LogP contribution in [0.1, 0.15) is 30.0 Å². The van der Waals surface area contributed by atoms with Crippen LogP contribution in [0.25, 0.3) is 44.3 Å². The highest BCUT2D eigenvalue weighted by atomic mass is 19.4. The third kappa shape index (κ3) is 7.76. The van der Waals surface area contributed by atoms with Crippen LogP contribution in [0.3, 0.4) is 0 Å². The molecule has 0 unspecified atom stereocenters. The first-order chi connectivity index (χ1) is 21.4. The molecular formula is C37H28F6N2. The van der Waals surface area contributed by atoms with Crippen LogP contribution in [-0.2, 0) is 18.8 Å². The zero-order chi connectivity index (χ0) is 32.2. The molecule has 0 spiro atoms. The van der Waals surface area contributed by atoms with Crippen LogP contribution < -0.4 is 0 Å². The van der Waals surface area contributed by atoms with Crippen LogP contribution in [0.15, 0.2) is 121 Å². The Kier molecular flexibility index (Phi) is 9.04. The van der Waals surface area contributed by atoms with Gasteiger partial charge in [0.2, 0.25) is 0 Å². The van der Waals surface area contributed by atoms with Crippen LogP contribution in [0.5, 0.6) is 0 Å². The molecule has 0 aliphatic carbocycles. The topological polar surface area (TPSA) is 36.7 Å². The van der Waals surface area contributed by atoms with Gasteiger partial charge < -0.3 is 5.41 Å². The molecule has 45 heavy (non-hydrogen) atoms. The number of nitrogens with one attached hydrogen (secondary N) is 1. The molecule has 0 bridgehead atoms. The van der Waals surface area contributed by atoms with Gasteiger partial charge in [-0.25, -0.2) is 0 Å². The average molecular weight is 615 g/mol. The second-order valence-electron chi connectivity index (χ2n) is 10.8. The van der Waals surface area contributed by atoms with Gasteiger partial charge in [0.05, 0.1) is 16.8 Å². The molecule has 2 nitrogen and oxygen atoms in total. The fourth-order valence-corrected chi connectivity index (χ4v) is 5.00. The van der Waals surface area contributed by atoms with Gasteiger partial charge in [-0.05, 0) is 101 Å². The minimum atomic E-state index is -4.91. The number of rotatable bonds is 8. The molecule has 0 amide bonds. The maximum atomic E-state index is 13.3. The van der Waals surface area contributed by atoms with Crippen molar-refractivity contribution in [2.24, 2.45) is 0 Å². The fraction of sp³-hybridized carbons (Fsp3) is 0.135. The molecule has 1 aromatic heterocycles. The van der Waals surface area contributed by atoms with Gasteiger partial charge >= 0.3 is 12.4 Å². The standard InChI is InChI=1S/C37H28F6N2/c1-24(4-2-3-17-44)5-6-25-7-16-35(45-23-25)31-15-14-29-18-28(12-13-30(29)19-31)26-8-10-27(11-9-26)32-20-33(36(38,39)40)22-34(21-32)37(41,42)43/h2-4,7-23,44H,5-6H2,1H3/b3-2-,24-4+,44-17?. The Morgan fingerprint density at radius 1 is 0.644 bits per heavy atom. The number of benzene rings is 4. The van der Waals surface area contributed by atoms with Crippen molar-refractivity contribution in [3.8, 4) is 33.5 Å². The molecule has 0 aliphatic heterocycles. The van der Waals surface area contributed by atoms with E-state index < -0.39 is 23.5 Å². The number of hydrogen-bond donors (Lipinski definition) is 1. The van der Waals surface area contributed by atoms with Crippen molar-refractivity contribution in [1.82, 2.24) is 4.98 Å². The predicted octanol–water partition coefficient (Wildman–Crippen LogP) is 11.4. The molecule has 228 valence electrons. The molecule has 0 saturated carbocycles. The second kappa shape index (κ2) is 12.9. The molecule has 1 heterocycles. The summed E-state index contributed by atoms with van der Waals surface area (Å²) in [5.74, 6) is 0. The van der Waals surface area contributed by atoms with Gasteiger partial charge in [0, 0.05) is 18.0 Å². The lowest BCUT2D eigenvalue weighted by Gasteiger charge is -2.14. The van der Waals surface area contributed by atoms with E-state index in [0.29, 0.717) is 0 Å². The zero-order valence-corrected chi connectivity index (χ0v) is 24.2. The molecule has 4 aromatic carbocycles. The molecule has 0 aliphatic rings. The van der Waals surface area contributed by atoms with Gasteiger partial charge in [0.1, 0.15) is 0 Å². The molecule has 0 atom stereocenters. The van der Waals surface area contributed by atoms with E-state index in [1.54, 1.807) is 18.2 Å².